The lowest BCUT2D eigenvalue weighted by atomic mass is 10.2. The molecular weight excluding hydrogens is 403 g/mol. The van der Waals surface area contributed by atoms with Crippen LogP contribution in [0.15, 0.2) is 42.6 Å². The van der Waals surface area contributed by atoms with Crippen molar-refractivity contribution < 1.29 is 13.6 Å². The minimum absolute atomic E-state index is 0.144. The molecule has 0 radical (unpaired) electrons. The van der Waals surface area contributed by atoms with Crippen molar-refractivity contribution in [1.82, 2.24) is 4.98 Å². The van der Waals surface area contributed by atoms with E-state index in [4.69, 9.17) is 23.2 Å². The summed E-state index contributed by atoms with van der Waals surface area (Å²) in [6, 6.07) is 8.42. The Hall–Kier alpha value is -2.22. The van der Waals surface area contributed by atoms with Gasteiger partial charge >= 0.3 is 0 Å². The summed E-state index contributed by atoms with van der Waals surface area (Å²) in [6.45, 7) is 0.570. The highest BCUT2D eigenvalue weighted by Gasteiger charge is 2.15. The van der Waals surface area contributed by atoms with E-state index >= 15 is 0 Å². The van der Waals surface area contributed by atoms with E-state index in [0.717, 1.165) is 22.7 Å². The van der Waals surface area contributed by atoms with E-state index in [1.807, 2.05) is 0 Å². The smallest absolute Gasteiger partial charge is 0.257 e. The largest absolute Gasteiger partial charge is 0.380 e. The molecule has 0 unspecified atom stereocenters. The minimum Gasteiger partial charge on any atom is -0.380 e. The van der Waals surface area contributed by atoms with Crippen LogP contribution in [0.25, 0.3) is 0 Å². The second-order valence-corrected chi connectivity index (χ2v) is 7.32. The number of nitrogens with zero attached hydrogens (tertiary/aromatic N) is 1. The molecule has 1 heterocycles. The maximum Gasteiger partial charge on any atom is 0.257 e. The van der Waals surface area contributed by atoms with Gasteiger partial charge in [-0.1, -0.05) is 23.2 Å². The molecule has 0 fully saturated rings. The predicted octanol–water partition coefficient (Wildman–Crippen LogP) is 5.59. The van der Waals surface area contributed by atoms with Gasteiger partial charge in [-0.2, -0.15) is 0 Å². The summed E-state index contributed by atoms with van der Waals surface area (Å²) in [4.78, 5) is 17.1. The quantitative estimate of drug-likeness (QED) is 0.535. The first-order chi connectivity index (χ1) is 12.4. The van der Waals surface area contributed by atoms with Crippen molar-refractivity contribution in [3.63, 3.8) is 0 Å². The molecule has 26 heavy (non-hydrogen) atoms. The Morgan fingerprint density at radius 2 is 1.73 bits per heavy atom. The summed E-state index contributed by atoms with van der Waals surface area (Å²) >= 11 is 13.0. The normalized spacial score (nSPS) is 10.6. The van der Waals surface area contributed by atoms with Gasteiger partial charge in [-0.25, -0.2) is 13.8 Å². The second kappa shape index (κ2) is 7.99. The van der Waals surface area contributed by atoms with Crippen molar-refractivity contribution in [2.45, 2.75) is 6.54 Å². The molecule has 9 heteroatoms. The predicted molar refractivity (Wildman–Crippen MR) is 100 cm³/mol. The van der Waals surface area contributed by atoms with Crippen LogP contribution in [0.2, 0.25) is 9.49 Å². The third-order valence-corrected chi connectivity index (χ3v) is 4.82. The highest BCUT2D eigenvalue weighted by molar-refractivity contribution is 7.15. The fourth-order valence-corrected chi connectivity index (χ4v) is 3.27. The van der Waals surface area contributed by atoms with E-state index in [9.17, 15) is 13.6 Å². The molecule has 0 aliphatic carbocycles. The number of hydrogen-bond acceptors (Lipinski definition) is 4. The van der Waals surface area contributed by atoms with E-state index in [2.05, 4.69) is 15.6 Å². The molecule has 3 aromatic rings. The van der Waals surface area contributed by atoms with Gasteiger partial charge in [0.2, 0.25) is 0 Å². The van der Waals surface area contributed by atoms with Crippen LogP contribution in [0.1, 0.15) is 15.2 Å². The Kier molecular flexibility index (Phi) is 5.70. The Balaban J connectivity index is 1.63. The molecule has 0 saturated heterocycles. The van der Waals surface area contributed by atoms with E-state index in [1.54, 1.807) is 30.5 Å². The van der Waals surface area contributed by atoms with Crippen molar-refractivity contribution in [2.75, 3.05) is 10.6 Å². The summed E-state index contributed by atoms with van der Waals surface area (Å²) in [5.74, 6) is -2.87. The van der Waals surface area contributed by atoms with Crippen LogP contribution >= 0.6 is 34.5 Å². The van der Waals surface area contributed by atoms with Gasteiger partial charge in [0, 0.05) is 22.4 Å². The van der Waals surface area contributed by atoms with E-state index in [0.29, 0.717) is 16.7 Å². The van der Waals surface area contributed by atoms with Crippen molar-refractivity contribution in [2.24, 2.45) is 0 Å². The van der Waals surface area contributed by atoms with Crippen molar-refractivity contribution in [3.05, 3.63) is 74.2 Å². The zero-order chi connectivity index (χ0) is 18.7. The van der Waals surface area contributed by atoms with Crippen LogP contribution < -0.4 is 10.6 Å². The monoisotopic (exact) mass is 413 g/mol. The fourth-order valence-electron chi connectivity index (χ4n) is 2.12. The van der Waals surface area contributed by atoms with E-state index in [-0.39, 0.29) is 10.6 Å². The number of hydrogen-bond donors (Lipinski definition) is 2. The summed E-state index contributed by atoms with van der Waals surface area (Å²) < 4.78 is 26.9. The Bertz CT molecular complexity index is 948. The van der Waals surface area contributed by atoms with Gasteiger partial charge in [-0.05, 0) is 36.4 Å². The van der Waals surface area contributed by atoms with Crippen LogP contribution in [0.4, 0.5) is 20.2 Å². The minimum atomic E-state index is -1.14. The zero-order valence-corrected chi connectivity index (χ0v) is 15.4. The summed E-state index contributed by atoms with van der Waals surface area (Å²) in [5, 5.41) is 5.62. The number of amides is 1. The number of nitrogens with one attached hydrogen (secondary N) is 2. The molecule has 0 aliphatic heterocycles. The maximum atomic E-state index is 13.3. The molecule has 0 saturated carbocycles. The first-order valence-electron chi connectivity index (χ1n) is 7.32. The van der Waals surface area contributed by atoms with Crippen molar-refractivity contribution >= 4 is 51.8 Å². The van der Waals surface area contributed by atoms with Crippen LogP contribution in [0.3, 0.4) is 0 Å². The van der Waals surface area contributed by atoms with E-state index < -0.39 is 17.5 Å². The topological polar surface area (TPSA) is 54.0 Å². The van der Waals surface area contributed by atoms with Gasteiger partial charge in [-0.15, -0.1) is 11.3 Å². The highest BCUT2D eigenvalue weighted by Crippen LogP contribution is 2.23. The number of thiazole rings is 1. The molecule has 134 valence electrons. The molecule has 0 spiro atoms. The van der Waals surface area contributed by atoms with Gasteiger partial charge in [0.05, 0.1) is 17.1 Å². The lowest BCUT2D eigenvalue weighted by Gasteiger charge is -2.09. The number of anilines is 2. The number of carbonyl (C=O) groups is 1. The summed E-state index contributed by atoms with van der Waals surface area (Å²) in [7, 11) is 0. The SMILES string of the molecule is O=C(Nc1ccc(NCc2cnc(Cl)s2)cc1)c1cc(F)c(F)cc1Cl. The molecule has 1 amide bonds. The van der Waals surface area contributed by atoms with Crippen LogP contribution in [0, 0.1) is 11.6 Å². The highest BCUT2D eigenvalue weighted by atomic mass is 35.5. The Morgan fingerprint density at radius 3 is 2.38 bits per heavy atom. The molecule has 3 rings (SSSR count). The average molecular weight is 414 g/mol. The van der Waals surface area contributed by atoms with Gasteiger partial charge in [0.1, 0.15) is 0 Å². The number of aromatic nitrogens is 1. The van der Waals surface area contributed by atoms with Crippen LogP contribution in [-0.2, 0) is 6.54 Å². The summed E-state index contributed by atoms with van der Waals surface area (Å²) in [5.41, 5.74) is 1.18. The maximum absolute atomic E-state index is 13.3. The average Bonchev–Trinajstić information content (AvgIpc) is 3.03. The van der Waals surface area contributed by atoms with Gasteiger partial charge in [-0.3, -0.25) is 4.79 Å². The Morgan fingerprint density at radius 1 is 1.08 bits per heavy atom. The molecule has 1 aromatic heterocycles. The lowest BCUT2D eigenvalue weighted by molar-refractivity contribution is 0.102. The molecular formula is C17H11Cl2F2N3OS. The fraction of sp³-hybridized carbons (Fsp3) is 0.0588. The molecule has 0 atom stereocenters. The lowest BCUT2D eigenvalue weighted by Crippen LogP contribution is -2.13. The second-order valence-electron chi connectivity index (χ2n) is 5.21. The number of carbonyl (C=O) groups excluding carboxylic acids is 1. The van der Waals surface area contributed by atoms with Gasteiger partial charge in [0.15, 0.2) is 16.1 Å². The zero-order valence-electron chi connectivity index (χ0n) is 13.0. The molecule has 0 aliphatic rings. The number of halogens is 4. The van der Waals surface area contributed by atoms with Crippen LogP contribution in [-0.4, -0.2) is 10.9 Å². The van der Waals surface area contributed by atoms with Gasteiger partial charge in [0.25, 0.3) is 5.91 Å². The first kappa shape index (κ1) is 18.6. The van der Waals surface area contributed by atoms with Gasteiger partial charge < -0.3 is 10.6 Å². The number of rotatable bonds is 5. The molecule has 2 N–H and O–H groups in total. The Labute approximate surface area is 161 Å². The standard InChI is InChI=1S/C17H11Cl2F2N3OS/c18-13-6-15(21)14(20)5-12(13)16(25)24-10-3-1-9(2-4-10)22-7-11-8-23-17(19)26-11/h1-6,8,22H,7H2,(H,24,25). The first-order valence-corrected chi connectivity index (χ1v) is 8.89. The van der Waals surface area contributed by atoms with Crippen LogP contribution in [0.5, 0.6) is 0 Å². The molecule has 2 aromatic carbocycles. The third-order valence-electron chi connectivity index (χ3n) is 3.39. The van der Waals surface area contributed by atoms with Crippen molar-refractivity contribution in [3.8, 4) is 0 Å². The van der Waals surface area contributed by atoms with E-state index in [1.165, 1.54) is 11.3 Å². The number of benzene rings is 2. The summed E-state index contributed by atoms with van der Waals surface area (Å²) in [6.07, 6.45) is 1.69. The van der Waals surface area contributed by atoms with Crippen molar-refractivity contribution in [1.29, 1.82) is 0 Å². The molecule has 4 nitrogen and oxygen atoms in total. The third kappa shape index (κ3) is 4.49. The molecule has 0 bridgehead atoms.